The third-order valence-corrected chi connectivity index (χ3v) is 9.64. The molecule has 13 N–H and O–H groups in total. The number of phenols is 1. The minimum atomic E-state index is -4.76. The molecular formula is C33H47N8O11P. The highest BCUT2D eigenvalue weighted by atomic mass is 31.2. The number of rotatable bonds is 18. The van der Waals surface area contributed by atoms with E-state index in [0.717, 1.165) is 0 Å². The molecule has 20 heteroatoms. The lowest BCUT2D eigenvalue weighted by Crippen LogP contribution is -2.70. The molecule has 5 amide bonds. The molecule has 2 heterocycles. The molecule has 0 saturated carbocycles. The molecule has 290 valence electrons. The highest BCUT2D eigenvalue weighted by Gasteiger charge is 2.53. The van der Waals surface area contributed by atoms with Crippen LogP contribution >= 0.6 is 7.82 Å². The Balaban J connectivity index is 1.53. The van der Waals surface area contributed by atoms with Crippen LogP contribution in [0.3, 0.4) is 0 Å². The normalized spacial score (nSPS) is 20.5. The topological polar surface area (TPSA) is 313 Å². The fourth-order valence-electron chi connectivity index (χ4n) is 6.38. The van der Waals surface area contributed by atoms with Crippen LogP contribution in [0.4, 0.5) is 0 Å². The summed E-state index contributed by atoms with van der Waals surface area (Å²) in [6, 6.07) is 6.65. The van der Waals surface area contributed by atoms with Crippen molar-refractivity contribution in [2.45, 2.75) is 74.7 Å². The molecule has 2 fully saturated rings. The van der Waals surface area contributed by atoms with Crippen LogP contribution in [0.1, 0.15) is 43.2 Å². The molecule has 2 unspecified atom stereocenters. The Labute approximate surface area is 305 Å². The van der Waals surface area contributed by atoms with Crippen LogP contribution in [0.15, 0.2) is 48.5 Å². The maximum atomic E-state index is 14.5. The van der Waals surface area contributed by atoms with Gasteiger partial charge >= 0.3 is 7.82 Å². The average Bonchev–Trinajstić information content (AvgIpc) is 3.54. The molecule has 5 atom stereocenters. The molecule has 2 aromatic rings. The molecule has 2 aliphatic heterocycles. The number of aliphatic hydroxyl groups is 1. The second kappa shape index (κ2) is 17.9. The molecule has 0 aliphatic carbocycles. The molecule has 53 heavy (non-hydrogen) atoms. The third-order valence-electron chi connectivity index (χ3n) is 9.19. The van der Waals surface area contributed by atoms with Gasteiger partial charge in [-0.2, -0.15) is 0 Å². The first-order chi connectivity index (χ1) is 25.1. The summed E-state index contributed by atoms with van der Waals surface area (Å²) >= 11 is 0. The number of hydrogen-bond acceptors (Lipinski definition) is 12. The summed E-state index contributed by atoms with van der Waals surface area (Å²) in [5, 5.41) is 30.2. The number of phenolic OH excluding ortho intramolecular Hbond substituents is 1. The highest BCUT2D eigenvalue weighted by molar-refractivity contribution is 7.46. The molecule has 2 saturated heterocycles. The van der Waals surface area contributed by atoms with E-state index in [1.807, 2.05) is 0 Å². The number of carbonyl (C=O) groups excluding carboxylic acids is 5. The van der Waals surface area contributed by atoms with Crippen molar-refractivity contribution in [2.75, 3.05) is 26.2 Å². The number of benzene rings is 2. The van der Waals surface area contributed by atoms with Gasteiger partial charge in [-0.1, -0.05) is 24.3 Å². The zero-order valence-corrected chi connectivity index (χ0v) is 29.8. The van der Waals surface area contributed by atoms with Gasteiger partial charge in [0.2, 0.25) is 23.6 Å². The van der Waals surface area contributed by atoms with Crippen molar-refractivity contribution >= 4 is 37.4 Å². The maximum Gasteiger partial charge on any atom is 0.524 e. The summed E-state index contributed by atoms with van der Waals surface area (Å²) in [7, 11) is -4.76. The number of primary amides is 1. The molecule has 2 aromatic carbocycles. The van der Waals surface area contributed by atoms with E-state index < -0.39 is 73.7 Å². The molecule has 19 nitrogen and oxygen atoms in total. The Kier molecular flexibility index (Phi) is 13.9. The van der Waals surface area contributed by atoms with E-state index in [2.05, 4.69) is 20.5 Å². The van der Waals surface area contributed by atoms with Crippen LogP contribution in [0.2, 0.25) is 0 Å². The van der Waals surface area contributed by atoms with E-state index in [1.54, 1.807) is 17.1 Å². The number of phosphoric ester groups is 1. The van der Waals surface area contributed by atoms with Crippen LogP contribution in [0.25, 0.3) is 0 Å². The lowest BCUT2D eigenvalue weighted by atomic mass is 9.85. The van der Waals surface area contributed by atoms with E-state index in [4.69, 9.17) is 27.0 Å². The van der Waals surface area contributed by atoms with Gasteiger partial charge in [-0.3, -0.25) is 38.8 Å². The Hall–Kier alpha value is -4.62. The average molecular weight is 763 g/mol. The molecule has 4 rings (SSSR count). The number of nitrogens with two attached hydrogens (primary N) is 3. The predicted octanol–water partition coefficient (Wildman–Crippen LogP) is -2.37. The van der Waals surface area contributed by atoms with E-state index in [1.165, 1.54) is 41.4 Å². The Bertz CT molecular complexity index is 1680. The van der Waals surface area contributed by atoms with Crippen LogP contribution in [-0.2, 0) is 41.4 Å². The minimum Gasteiger partial charge on any atom is -0.508 e. The zero-order chi connectivity index (χ0) is 38.9. The van der Waals surface area contributed by atoms with Crippen LogP contribution < -0.4 is 37.7 Å². The van der Waals surface area contributed by atoms with Gasteiger partial charge in [-0.15, -0.1) is 0 Å². The highest BCUT2D eigenvalue weighted by Crippen LogP contribution is 2.37. The second-order valence-electron chi connectivity index (χ2n) is 13.1. The van der Waals surface area contributed by atoms with Crippen molar-refractivity contribution in [3.8, 4) is 11.5 Å². The number of aliphatic hydroxyl groups excluding tert-OH is 1. The summed E-state index contributed by atoms with van der Waals surface area (Å²) in [5.41, 5.74) is 17.0. The number of nitrogens with zero attached hydrogens (tertiary/aromatic N) is 2. The summed E-state index contributed by atoms with van der Waals surface area (Å²) in [6.07, 6.45) is 1.61. The number of nitrogens with one attached hydrogen (secondary N) is 3. The fraction of sp³-hybridized carbons (Fsp3) is 0.485. The fourth-order valence-corrected chi connectivity index (χ4v) is 6.78. The number of phosphoric acid groups is 1. The summed E-state index contributed by atoms with van der Waals surface area (Å²) in [6.45, 7) is 0.213. The number of hydrazine groups is 1. The number of amides is 5. The lowest BCUT2D eigenvalue weighted by molar-refractivity contribution is -0.169. The molecule has 0 aromatic heterocycles. The monoisotopic (exact) mass is 762 g/mol. The van der Waals surface area contributed by atoms with Crippen LogP contribution in [0.5, 0.6) is 11.5 Å². The minimum absolute atomic E-state index is 0.0182. The van der Waals surface area contributed by atoms with Gasteiger partial charge in [0.15, 0.2) is 0 Å². The van der Waals surface area contributed by atoms with Gasteiger partial charge < -0.3 is 47.9 Å². The quantitative estimate of drug-likeness (QED) is 0.0561. The van der Waals surface area contributed by atoms with Gasteiger partial charge in [0, 0.05) is 19.5 Å². The van der Waals surface area contributed by atoms with Crippen molar-refractivity contribution in [2.24, 2.45) is 17.2 Å². The molecule has 2 aliphatic rings. The number of unbranched alkanes of at least 4 members (excludes halogenated alkanes) is 1. The van der Waals surface area contributed by atoms with E-state index in [-0.39, 0.29) is 43.6 Å². The smallest absolute Gasteiger partial charge is 0.508 e. The van der Waals surface area contributed by atoms with E-state index in [9.17, 15) is 38.8 Å². The molecule has 0 bridgehead atoms. The first-order valence-electron chi connectivity index (χ1n) is 17.0. The number of hydrogen-bond donors (Lipinski definition) is 10. The Morgan fingerprint density at radius 3 is 2.19 bits per heavy atom. The van der Waals surface area contributed by atoms with Gasteiger partial charge in [0.25, 0.3) is 5.91 Å². The Morgan fingerprint density at radius 1 is 0.943 bits per heavy atom. The number of aromatic hydroxyl groups is 1. The number of carbonyl (C=O) groups is 5. The van der Waals surface area contributed by atoms with Crippen LogP contribution in [0, 0.1) is 0 Å². The SMILES string of the molecule is NCCCCC1(NC(=O)[C@@H](N)Cc2ccc(OP(=O)(O)O)cc2)CCN2CC[C@@H](C(=O)N[C@@H](Cc3ccc(O)cc3)C(=O)NC(CO)C(N)=O)N2C1=O. The molecule has 0 radical (unpaired) electrons. The summed E-state index contributed by atoms with van der Waals surface area (Å²) < 4.78 is 15.7. The first-order valence-corrected chi connectivity index (χ1v) is 18.6. The lowest BCUT2D eigenvalue weighted by Gasteiger charge is -2.46. The van der Waals surface area contributed by atoms with Crippen molar-refractivity contribution in [1.29, 1.82) is 0 Å². The van der Waals surface area contributed by atoms with E-state index in [0.29, 0.717) is 43.6 Å². The summed E-state index contributed by atoms with van der Waals surface area (Å²) in [4.78, 5) is 85.1. The third kappa shape index (κ3) is 11.0. The zero-order valence-electron chi connectivity index (χ0n) is 28.9. The Morgan fingerprint density at radius 2 is 1.58 bits per heavy atom. The van der Waals surface area contributed by atoms with Crippen molar-refractivity contribution in [3.05, 3.63) is 59.7 Å². The second-order valence-corrected chi connectivity index (χ2v) is 14.3. The van der Waals surface area contributed by atoms with Crippen molar-refractivity contribution in [3.63, 3.8) is 0 Å². The van der Waals surface area contributed by atoms with Gasteiger partial charge in [0.1, 0.15) is 35.2 Å². The standard InChI is InChI=1S/C33H47N8O11P/c34-14-2-1-12-33(39-29(45)24(35)17-20-5-9-23(10-6-20)52-53(49,50)51)13-16-40-15-11-27(41(40)32(33)48)31(47)37-25(18-21-3-7-22(43)8-4-21)30(46)38-26(19-42)28(36)44/h3-10,24-27,42-43H,1-2,11-19,34-35H2,(H2,36,44)(H,37,47)(H,38,46)(H,39,45)(H2,49,50,51)/t24-,25-,26?,27-,33?/m0/s1. The summed E-state index contributed by atoms with van der Waals surface area (Å²) in [5.74, 6) is -3.74. The van der Waals surface area contributed by atoms with Crippen LogP contribution in [-0.4, -0.2) is 116 Å². The van der Waals surface area contributed by atoms with E-state index >= 15 is 0 Å². The maximum absolute atomic E-state index is 14.5. The molecular weight excluding hydrogens is 715 g/mol. The van der Waals surface area contributed by atoms with Gasteiger partial charge in [-0.25, -0.2) is 9.57 Å². The molecule has 0 spiro atoms. The van der Waals surface area contributed by atoms with Gasteiger partial charge in [0.05, 0.1) is 12.6 Å². The first kappa shape index (κ1) is 41.1. The predicted molar refractivity (Wildman–Crippen MR) is 188 cm³/mol. The van der Waals surface area contributed by atoms with Crippen molar-refractivity contribution < 1.29 is 53.1 Å². The van der Waals surface area contributed by atoms with Crippen molar-refractivity contribution in [1.82, 2.24) is 26.0 Å². The largest absolute Gasteiger partial charge is 0.524 e. The number of fused-ring (bicyclic) bond motifs is 1. The van der Waals surface area contributed by atoms with Gasteiger partial charge in [-0.05, 0) is 80.5 Å².